The third-order valence-electron chi connectivity index (χ3n) is 3.06. The molecule has 5 heteroatoms. The monoisotopic (exact) mass is 370 g/mol. The van der Waals surface area contributed by atoms with Crippen molar-refractivity contribution in [2.24, 2.45) is 4.99 Å². The molecule has 4 nitrogen and oxygen atoms in total. The smallest absolute Gasteiger partial charge is 0.151 e. The van der Waals surface area contributed by atoms with Gasteiger partial charge in [0, 0.05) is 25.5 Å². The maximum Gasteiger partial charge on any atom is 0.151 e. The number of hydrogen-bond donors (Lipinski definition) is 1. The number of benzene rings is 1. The Kier molecular flexibility index (Phi) is 12.7. The van der Waals surface area contributed by atoms with E-state index in [2.05, 4.69) is 53.6 Å². The summed E-state index contributed by atoms with van der Waals surface area (Å²) in [6.45, 7) is 14.1. The molecule has 0 saturated carbocycles. The van der Waals surface area contributed by atoms with E-state index >= 15 is 0 Å². The number of rotatable bonds is 5. The van der Waals surface area contributed by atoms with Gasteiger partial charge in [-0.05, 0) is 25.5 Å². The van der Waals surface area contributed by atoms with E-state index in [1.807, 2.05) is 48.9 Å². The molecule has 27 heavy (non-hydrogen) atoms. The minimum Gasteiger partial charge on any atom is -0.365 e. The molecule has 0 amide bonds. The highest BCUT2D eigenvalue weighted by Crippen LogP contribution is 2.08. The highest BCUT2D eigenvalue weighted by Gasteiger charge is 2.04. The predicted octanol–water partition coefficient (Wildman–Crippen LogP) is 5.05. The zero-order chi connectivity index (χ0) is 20.7. The molecule has 0 aliphatic carbocycles. The molecule has 2 aromatic rings. The standard InChI is InChI=1S/C17H20N4.C3H5F.C2H6/c1-4-14(2)20-16(12-15-8-6-5-7-9-15)21-11-10-19-13-17(21)18-3;1-3(2)4;1-2/h4-14,20H,1H2,2-3H3;1H2,2H3;1-2H3/b16-12+,18-17?;;. The summed E-state index contributed by atoms with van der Waals surface area (Å²) in [4.78, 5) is 8.38. The van der Waals surface area contributed by atoms with E-state index in [9.17, 15) is 4.39 Å². The van der Waals surface area contributed by atoms with E-state index in [-0.39, 0.29) is 11.9 Å². The molecule has 146 valence electrons. The van der Waals surface area contributed by atoms with Crippen LogP contribution in [0, 0.1) is 0 Å². The fourth-order valence-electron chi connectivity index (χ4n) is 1.90. The van der Waals surface area contributed by atoms with Gasteiger partial charge in [-0.3, -0.25) is 14.5 Å². The summed E-state index contributed by atoms with van der Waals surface area (Å²) in [6, 6.07) is 10.3. The summed E-state index contributed by atoms with van der Waals surface area (Å²) in [7, 11) is 1.75. The van der Waals surface area contributed by atoms with E-state index in [0.717, 1.165) is 16.9 Å². The van der Waals surface area contributed by atoms with Crippen LogP contribution in [0.15, 0.2) is 79.0 Å². The molecule has 2 rings (SSSR count). The first-order valence-corrected chi connectivity index (χ1v) is 8.90. The van der Waals surface area contributed by atoms with Crippen LogP contribution in [0.5, 0.6) is 0 Å². The van der Waals surface area contributed by atoms with Crippen molar-refractivity contribution < 1.29 is 4.39 Å². The normalized spacial score (nSPS) is 11.9. The van der Waals surface area contributed by atoms with Gasteiger partial charge in [-0.25, -0.2) is 4.39 Å². The summed E-state index contributed by atoms with van der Waals surface area (Å²) in [5.74, 6) is 0.594. The number of nitrogens with one attached hydrogen (secondary N) is 1. The second-order valence-electron chi connectivity index (χ2n) is 5.31. The van der Waals surface area contributed by atoms with Gasteiger partial charge in [-0.15, -0.1) is 6.58 Å². The molecule has 1 unspecified atom stereocenters. The van der Waals surface area contributed by atoms with Crippen LogP contribution < -0.4 is 10.8 Å². The van der Waals surface area contributed by atoms with Crippen molar-refractivity contribution in [1.29, 1.82) is 0 Å². The topological polar surface area (TPSA) is 42.2 Å². The maximum absolute atomic E-state index is 10.8. The van der Waals surface area contributed by atoms with Gasteiger partial charge in [0.2, 0.25) is 0 Å². The number of hydrogen-bond acceptors (Lipinski definition) is 3. The average Bonchev–Trinajstić information content (AvgIpc) is 2.69. The van der Waals surface area contributed by atoms with E-state index < -0.39 is 0 Å². The fraction of sp³-hybridized carbons (Fsp3) is 0.273. The first-order valence-electron chi connectivity index (χ1n) is 8.90. The third kappa shape index (κ3) is 9.94. The number of allylic oxidation sites excluding steroid dienone is 1. The molecule has 0 fully saturated rings. The minimum atomic E-state index is -0.333. The zero-order valence-corrected chi connectivity index (χ0v) is 17.0. The van der Waals surface area contributed by atoms with Gasteiger partial charge in [0.1, 0.15) is 5.82 Å². The molecule has 1 heterocycles. The van der Waals surface area contributed by atoms with Crippen LogP contribution in [-0.2, 0) is 0 Å². The predicted molar refractivity (Wildman–Crippen MR) is 114 cm³/mol. The molecule has 1 N–H and O–H groups in total. The lowest BCUT2D eigenvalue weighted by atomic mass is 10.2. The Morgan fingerprint density at radius 3 is 2.41 bits per heavy atom. The largest absolute Gasteiger partial charge is 0.365 e. The SMILES string of the molecule is C=C(C)F.C=CC(C)N/C(=C\c1ccccc1)n1ccncc1=NC.CC. The molecule has 0 aliphatic heterocycles. The number of nitrogens with zero attached hydrogens (tertiary/aromatic N) is 3. The van der Waals surface area contributed by atoms with Gasteiger partial charge in [-0.2, -0.15) is 0 Å². The zero-order valence-electron chi connectivity index (χ0n) is 17.0. The van der Waals surface area contributed by atoms with Crippen molar-refractivity contribution >= 4 is 11.9 Å². The summed E-state index contributed by atoms with van der Waals surface area (Å²) in [5, 5.41) is 3.42. The Labute approximate surface area is 162 Å². The van der Waals surface area contributed by atoms with Crippen LogP contribution in [0.2, 0.25) is 0 Å². The van der Waals surface area contributed by atoms with Crippen LogP contribution in [0.25, 0.3) is 11.9 Å². The summed E-state index contributed by atoms with van der Waals surface area (Å²) >= 11 is 0. The van der Waals surface area contributed by atoms with E-state index in [1.165, 1.54) is 6.92 Å². The second kappa shape index (κ2) is 14.2. The Bertz CT molecular complexity index is 772. The van der Waals surface area contributed by atoms with Gasteiger partial charge in [0.15, 0.2) is 5.49 Å². The van der Waals surface area contributed by atoms with Crippen LogP contribution in [0.1, 0.15) is 33.3 Å². The number of aromatic nitrogens is 2. The van der Waals surface area contributed by atoms with Gasteiger partial charge < -0.3 is 5.32 Å². The van der Waals surface area contributed by atoms with Crippen LogP contribution in [0.3, 0.4) is 0 Å². The van der Waals surface area contributed by atoms with Crippen molar-refractivity contribution in [3.8, 4) is 0 Å². The van der Waals surface area contributed by atoms with Gasteiger partial charge >= 0.3 is 0 Å². The molecule has 0 saturated heterocycles. The molecular weight excluding hydrogens is 339 g/mol. The molecule has 0 radical (unpaired) electrons. The Hall–Kier alpha value is -2.95. The molecular formula is C22H31FN4. The summed E-state index contributed by atoms with van der Waals surface area (Å²) in [5.41, 5.74) is 1.89. The maximum atomic E-state index is 10.8. The highest BCUT2D eigenvalue weighted by atomic mass is 19.1. The molecule has 0 spiro atoms. The average molecular weight is 371 g/mol. The second-order valence-corrected chi connectivity index (χ2v) is 5.31. The van der Waals surface area contributed by atoms with Crippen molar-refractivity contribution in [3.63, 3.8) is 0 Å². The van der Waals surface area contributed by atoms with Gasteiger partial charge in [0.25, 0.3) is 0 Å². The van der Waals surface area contributed by atoms with Crippen LogP contribution in [-0.4, -0.2) is 22.6 Å². The molecule has 1 atom stereocenters. The van der Waals surface area contributed by atoms with Crippen LogP contribution >= 0.6 is 0 Å². The Morgan fingerprint density at radius 1 is 1.30 bits per heavy atom. The minimum absolute atomic E-state index is 0.144. The van der Waals surface area contributed by atoms with Crippen molar-refractivity contribution in [2.45, 2.75) is 33.7 Å². The van der Waals surface area contributed by atoms with Crippen LogP contribution in [0.4, 0.5) is 4.39 Å². The Balaban J connectivity index is 0.000000998. The van der Waals surface area contributed by atoms with E-state index in [1.54, 1.807) is 19.4 Å². The molecule has 1 aromatic heterocycles. The van der Waals surface area contributed by atoms with Gasteiger partial charge in [0.05, 0.1) is 12.0 Å². The van der Waals surface area contributed by atoms with Gasteiger partial charge in [-0.1, -0.05) is 56.8 Å². The molecule has 1 aromatic carbocycles. The van der Waals surface area contributed by atoms with E-state index in [4.69, 9.17) is 0 Å². The first-order chi connectivity index (χ1) is 13.0. The lowest BCUT2D eigenvalue weighted by Gasteiger charge is -2.17. The fourth-order valence-corrected chi connectivity index (χ4v) is 1.90. The lowest BCUT2D eigenvalue weighted by molar-refractivity contribution is 0.645. The van der Waals surface area contributed by atoms with Crippen molar-refractivity contribution in [1.82, 2.24) is 14.9 Å². The molecule has 0 aliphatic rings. The highest BCUT2D eigenvalue weighted by molar-refractivity contribution is 5.69. The lowest BCUT2D eigenvalue weighted by Crippen LogP contribution is -2.31. The molecule has 0 bridgehead atoms. The summed E-state index contributed by atoms with van der Waals surface area (Å²) in [6.07, 6.45) is 9.31. The third-order valence-corrected chi connectivity index (χ3v) is 3.06. The van der Waals surface area contributed by atoms with Crippen molar-refractivity contribution in [2.75, 3.05) is 7.05 Å². The summed E-state index contributed by atoms with van der Waals surface area (Å²) < 4.78 is 12.8. The first kappa shape index (κ1) is 24.1. The Morgan fingerprint density at radius 2 is 1.89 bits per heavy atom. The van der Waals surface area contributed by atoms with Crippen molar-refractivity contribution in [3.05, 3.63) is 85.0 Å². The quantitative estimate of drug-likeness (QED) is 0.749. The number of halogens is 1. The van der Waals surface area contributed by atoms with E-state index in [0.29, 0.717) is 0 Å².